The monoisotopic (exact) mass is 281 g/mol. The predicted octanol–water partition coefficient (Wildman–Crippen LogP) is 3.37. The number of aromatic nitrogens is 3. The number of halogens is 2. The molecule has 0 aliphatic heterocycles. The molecule has 0 radical (unpaired) electrons. The standard InChI is InChI=1S/C12H9F2N3OS/c1-7-16-17-6-10(15-12(17)19-7)8-3-2-4-9(5-8)18-11(13)14/h2-6,11H,1H3. The Morgan fingerprint density at radius 1 is 1.37 bits per heavy atom. The number of nitrogens with zero attached hydrogens (tertiary/aromatic N) is 3. The molecule has 0 N–H and O–H groups in total. The molecular formula is C12H9F2N3OS. The fourth-order valence-electron chi connectivity index (χ4n) is 1.77. The maximum Gasteiger partial charge on any atom is 0.387 e. The van der Waals surface area contributed by atoms with Gasteiger partial charge in [0.05, 0.1) is 11.9 Å². The molecule has 0 aliphatic rings. The van der Waals surface area contributed by atoms with Gasteiger partial charge < -0.3 is 4.74 Å². The first-order valence-electron chi connectivity index (χ1n) is 5.50. The molecule has 0 bridgehead atoms. The van der Waals surface area contributed by atoms with Gasteiger partial charge in [-0.2, -0.15) is 13.9 Å². The lowest BCUT2D eigenvalue weighted by molar-refractivity contribution is -0.0498. The van der Waals surface area contributed by atoms with Crippen LogP contribution in [0.4, 0.5) is 8.78 Å². The number of hydrogen-bond donors (Lipinski definition) is 0. The summed E-state index contributed by atoms with van der Waals surface area (Å²) >= 11 is 1.47. The summed E-state index contributed by atoms with van der Waals surface area (Å²) < 4.78 is 30.4. The van der Waals surface area contributed by atoms with Crippen molar-refractivity contribution in [1.82, 2.24) is 14.6 Å². The number of imidazole rings is 1. The molecular weight excluding hydrogens is 272 g/mol. The Balaban J connectivity index is 1.98. The molecule has 0 amide bonds. The molecule has 1 aromatic carbocycles. The molecule has 0 aliphatic carbocycles. The van der Waals surface area contributed by atoms with Crippen molar-refractivity contribution in [3.8, 4) is 17.0 Å². The Morgan fingerprint density at radius 2 is 2.21 bits per heavy atom. The van der Waals surface area contributed by atoms with Gasteiger partial charge in [-0.25, -0.2) is 9.50 Å². The van der Waals surface area contributed by atoms with Crippen LogP contribution in [0.15, 0.2) is 30.5 Å². The van der Waals surface area contributed by atoms with Gasteiger partial charge in [-0.05, 0) is 19.1 Å². The SMILES string of the molecule is Cc1nn2cc(-c3cccc(OC(F)F)c3)nc2s1. The highest BCUT2D eigenvalue weighted by Crippen LogP contribution is 2.25. The summed E-state index contributed by atoms with van der Waals surface area (Å²) in [4.78, 5) is 5.17. The van der Waals surface area contributed by atoms with Gasteiger partial charge >= 0.3 is 6.61 Å². The van der Waals surface area contributed by atoms with E-state index in [1.54, 1.807) is 22.8 Å². The summed E-state index contributed by atoms with van der Waals surface area (Å²) in [6, 6.07) is 6.46. The molecule has 7 heteroatoms. The Bertz CT molecular complexity index is 691. The second kappa shape index (κ2) is 4.58. The lowest BCUT2D eigenvalue weighted by atomic mass is 10.1. The molecule has 98 valence electrons. The number of aryl methyl sites for hydroxylation is 1. The molecule has 0 saturated carbocycles. The summed E-state index contributed by atoms with van der Waals surface area (Å²) in [6.07, 6.45) is 1.76. The normalized spacial score (nSPS) is 11.4. The van der Waals surface area contributed by atoms with Gasteiger partial charge in [0.15, 0.2) is 0 Å². The molecule has 0 saturated heterocycles. The summed E-state index contributed by atoms with van der Waals surface area (Å²) in [5.74, 6) is 0.119. The first kappa shape index (κ1) is 12.0. The quantitative estimate of drug-likeness (QED) is 0.739. The number of alkyl halides is 2. The van der Waals surface area contributed by atoms with Gasteiger partial charge in [0, 0.05) is 5.56 Å². The van der Waals surface area contributed by atoms with Crippen molar-refractivity contribution in [2.75, 3.05) is 0 Å². The van der Waals surface area contributed by atoms with Gasteiger partial charge in [0.25, 0.3) is 0 Å². The Hall–Kier alpha value is -2.02. The fraction of sp³-hybridized carbons (Fsp3) is 0.167. The van der Waals surface area contributed by atoms with Gasteiger partial charge in [0.2, 0.25) is 4.96 Å². The number of benzene rings is 1. The molecule has 4 nitrogen and oxygen atoms in total. The van der Waals surface area contributed by atoms with E-state index in [0.29, 0.717) is 11.3 Å². The fourth-order valence-corrected chi connectivity index (χ4v) is 2.49. The molecule has 2 aromatic heterocycles. The largest absolute Gasteiger partial charge is 0.435 e. The van der Waals surface area contributed by atoms with Crippen LogP contribution in [0, 0.1) is 6.92 Å². The predicted molar refractivity (Wildman–Crippen MR) is 67.7 cm³/mol. The minimum atomic E-state index is -2.83. The molecule has 2 heterocycles. The number of hydrogen-bond acceptors (Lipinski definition) is 4. The summed E-state index contributed by atoms with van der Waals surface area (Å²) in [5, 5.41) is 5.17. The first-order valence-corrected chi connectivity index (χ1v) is 6.31. The van der Waals surface area contributed by atoms with Crippen molar-refractivity contribution in [2.24, 2.45) is 0 Å². The van der Waals surface area contributed by atoms with E-state index in [-0.39, 0.29) is 5.75 Å². The summed E-state index contributed by atoms with van der Waals surface area (Å²) in [7, 11) is 0. The number of fused-ring (bicyclic) bond motifs is 1. The molecule has 3 rings (SSSR count). The van der Waals surface area contributed by atoms with Crippen molar-refractivity contribution >= 4 is 16.3 Å². The minimum absolute atomic E-state index is 0.119. The Kier molecular flexibility index (Phi) is 2.90. The first-order chi connectivity index (χ1) is 9.11. The third kappa shape index (κ3) is 2.41. The van der Waals surface area contributed by atoms with Gasteiger partial charge in [-0.3, -0.25) is 0 Å². The van der Waals surface area contributed by atoms with Crippen molar-refractivity contribution in [1.29, 1.82) is 0 Å². The maximum absolute atomic E-state index is 12.2. The number of rotatable bonds is 3. The van der Waals surface area contributed by atoms with E-state index in [4.69, 9.17) is 0 Å². The van der Waals surface area contributed by atoms with E-state index in [0.717, 1.165) is 9.97 Å². The van der Waals surface area contributed by atoms with Crippen molar-refractivity contribution in [2.45, 2.75) is 13.5 Å². The maximum atomic E-state index is 12.2. The van der Waals surface area contributed by atoms with Crippen LogP contribution in [0.2, 0.25) is 0 Å². The highest BCUT2D eigenvalue weighted by Gasteiger charge is 2.10. The minimum Gasteiger partial charge on any atom is -0.435 e. The van der Waals surface area contributed by atoms with Crippen LogP contribution in [0.1, 0.15) is 5.01 Å². The summed E-state index contributed by atoms with van der Waals surface area (Å²) in [6.45, 7) is -0.930. The third-order valence-electron chi connectivity index (χ3n) is 2.50. The second-order valence-electron chi connectivity index (χ2n) is 3.88. The van der Waals surface area contributed by atoms with Crippen molar-refractivity contribution in [3.05, 3.63) is 35.5 Å². The lowest BCUT2D eigenvalue weighted by Gasteiger charge is -2.05. The van der Waals surface area contributed by atoms with Crippen LogP contribution >= 0.6 is 11.3 Å². The zero-order chi connectivity index (χ0) is 13.4. The number of ether oxygens (including phenoxy) is 1. The van der Waals surface area contributed by atoms with E-state index in [1.165, 1.54) is 23.5 Å². The molecule has 3 aromatic rings. The zero-order valence-corrected chi connectivity index (χ0v) is 10.7. The molecule has 0 unspecified atom stereocenters. The molecule has 19 heavy (non-hydrogen) atoms. The van der Waals surface area contributed by atoms with E-state index >= 15 is 0 Å². The van der Waals surface area contributed by atoms with Gasteiger partial charge in [0.1, 0.15) is 10.8 Å². The molecule has 0 atom stereocenters. The average molecular weight is 281 g/mol. The second-order valence-corrected chi connectivity index (χ2v) is 5.04. The van der Waals surface area contributed by atoms with Crippen LogP contribution in [0.25, 0.3) is 16.2 Å². The Labute approximate surface area is 111 Å². The zero-order valence-electron chi connectivity index (χ0n) is 9.88. The summed E-state index contributed by atoms with van der Waals surface area (Å²) in [5.41, 5.74) is 1.40. The highest BCUT2D eigenvalue weighted by atomic mass is 32.1. The lowest BCUT2D eigenvalue weighted by Crippen LogP contribution is -2.01. The van der Waals surface area contributed by atoms with Crippen LogP contribution in [-0.2, 0) is 0 Å². The van der Waals surface area contributed by atoms with E-state index < -0.39 is 6.61 Å². The van der Waals surface area contributed by atoms with Crippen LogP contribution in [0.3, 0.4) is 0 Å². The van der Waals surface area contributed by atoms with Crippen LogP contribution < -0.4 is 4.74 Å². The van der Waals surface area contributed by atoms with Crippen LogP contribution in [-0.4, -0.2) is 21.2 Å². The topological polar surface area (TPSA) is 39.4 Å². The smallest absolute Gasteiger partial charge is 0.387 e. The Morgan fingerprint density at radius 3 is 2.95 bits per heavy atom. The van der Waals surface area contributed by atoms with E-state index in [1.807, 2.05) is 6.92 Å². The average Bonchev–Trinajstić information content (AvgIpc) is 2.85. The van der Waals surface area contributed by atoms with E-state index in [2.05, 4.69) is 14.8 Å². The van der Waals surface area contributed by atoms with Gasteiger partial charge in [-0.1, -0.05) is 23.5 Å². The molecule has 0 fully saturated rings. The van der Waals surface area contributed by atoms with Crippen molar-refractivity contribution < 1.29 is 13.5 Å². The van der Waals surface area contributed by atoms with Crippen LogP contribution in [0.5, 0.6) is 5.75 Å². The highest BCUT2D eigenvalue weighted by molar-refractivity contribution is 7.16. The third-order valence-corrected chi connectivity index (χ3v) is 3.34. The molecule has 0 spiro atoms. The van der Waals surface area contributed by atoms with E-state index in [9.17, 15) is 8.78 Å². The van der Waals surface area contributed by atoms with Gasteiger partial charge in [-0.15, -0.1) is 0 Å². The van der Waals surface area contributed by atoms with Crippen molar-refractivity contribution in [3.63, 3.8) is 0 Å².